The molecule has 2 amide bonds. The molecule has 1 aliphatic heterocycles. The Morgan fingerprint density at radius 3 is 2.65 bits per heavy atom. The van der Waals surface area contributed by atoms with E-state index in [1.165, 1.54) is 0 Å². The Kier molecular flexibility index (Phi) is 6.27. The second kappa shape index (κ2) is 9.05. The van der Waals surface area contributed by atoms with Gasteiger partial charge >= 0.3 is 0 Å². The number of anilines is 1. The topological polar surface area (TPSA) is 92.6 Å². The molecule has 0 saturated carbocycles. The summed E-state index contributed by atoms with van der Waals surface area (Å²) in [4.78, 5) is 23.9. The molecule has 0 spiro atoms. The second-order valence-corrected chi connectivity index (χ2v) is 6.13. The molecule has 2 heterocycles. The summed E-state index contributed by atoms with van der Waals surface area (Å²) in [6.45, 7) is 1.85. The molecule has 7 heteroatoms. The minimum Gasteiger partial charge on any atom is -0.467 e. The van der Waals surface area contributed by atoms with Crippen molar-refractivity contribution < 1.29 is 18.7 Å². The van der Waals surface area contributed by atoms with Crippen LogP contribution >= 0.6 is 0 Å². The maximum atomic E-state index is 12.1. The van der Waals surface area contributed by atoms with Gasteiger partial charge in [0.1, 0.15) is 5.76 Å². The summed E-state index contributed by atoms with van der Waals surface area (Å²) in [5.74, 6) is 0.439. The molecule has 3 N–H and O–H groups in total. The Balaban J connectivity index is 1.39. The highest BCUT2D eigenvalue weighted by Gasteiger charge is 2.16. The van der Waals surface area contributed by atoms with Crippen LogP contribution < -0.4 is 16.0 Å². The number of benzene rings is 1. The molecule has 3 rings (SSSR count). The van der Waals surface area contributed by atoms with E-state index in [1.54, 1.807) is 42.7 Å². The van der Waals surface area contributed by atoms with E-state index in [4.69, 9.17) is 9.15 Å². The van der Waals surface area contributed by atoms with Crippen LogP contribution in [0.15, 0.2) is 47.1 Å². The molecule has 138 valence electrons. The van der Waals surface area contributed by atoms with Crippen LogP contribution in [0.2, 0.25) is 0 Å². The van der Waals surface area contributed by atoms with Gasteiger partial charge in [-0.1, -0.05) is 0 Å². The van der Waals surface area contributed by atoms with Crippen molar-refractivity contribution in [3.05, 3.63) is 54.0 Å². The predicted octanol–water partition coefficient (Wildman–Crippen LogP) is 1.92. The molecule has 2 aromatic rings. The van der Waals surface area contributed by atoms with Crippen LogP contribution in [0.4, 0.5) is 5.69 Å². The fourth-order valence-corrected chi connectivity index (χ4v) is 2.70. The van der Waals surface area contributed by atoms with E-state index < -0.39 is 0 Å². The van der Waals surface area contributed by atoms with E-state index in [0.717, 1.165) is 25.1 Å². The number of hydrogen-bond acceptors (Lipinski definition) is 5. The Bertz CT molecular complexity index is 707. The number of hydrogen-bond donors (Lipinski definition) is 3. The summed E-state index contributed by atoms with van der Waals surface area (Å²) in [6, 6.07) is 10.6. The fraction of sp³-hybridized carbons (Fsp3) is 0.368. The zero-order chi connectivity index (χ0) is 18.2. The van der Waals surface area contributed by atoms with Crippen molar-refractivity contribution in [2.45, 2.75) is 25.5 Å². The van der Waals surface area contributed by atoms with Gasteiger partial charge in [-0.3, -0.25) is 9.59 Å². The minimum absolute atomic E-state index is 0.0826. The predicted molar refractivity (Wildman–Crippen MR) is 96.8 cm³/mol. The largest absolute Gasteiger partial charge is 0.467 e. The van der Waals surface area contributed by atoms with Gasteiger partial charge in [-0.15, -0.1) is 0 Å². The third kappa shape index (κ3) is 5.35. The second-order valence-electron chi connectivity index (χ2n) is 6.13. The van der Waals surface area contributed by atoms with Gasteiger partial charge in [-0.2, -0.15) is 0 Å². The van der Waals surface area contributed by atoms with Crippen molar-refractivity contribution in [1.82, 2.24) is 10.6 Å². The molecule has 26 heavy (non-hydrogen) atoms. The maximum Gasteiger partial charge on any atom is 0.251 e. The van der Waals surface area contributed by atoms with Gasteiger partial charge in [0.25, 0.3) is 5.91 Å². The van der Waals surface area contributed by atoms with Gasteiger partial charge in [0, 0.05) is 24.4 Å². The van der Waals surface area contributed by atoms with Gasteiger partial charge in [-0.25, -0.2) is 0 Å². The van der Waals surface area contributed by atoms with Gasteiger partial charge in [0.05, 0.1) is 25.5 Å². The Hall–Kier alpha value is -2.80. The quantitative estimate of drug-likeness (QED) is 0.671. The molecular formula is C19H23N3O4. The van der Waals surface area contributed by atoms with E-state index in [0.29, 0.717) is 24.4 Å². The van der Waals surface area contributed by atoms with Gasteiger partial charge in [0.2, 0.25) is 5.91 Å². The number of amides is 2. The standard InChI is InChI=1S/C19H23N3O4/c23-18(21-11-16-3-1-9-25-16)13-20-15-7-5-14(6-8-15)19(24)22-12-17-4-2-10-26-17/h2,4-8,10,16,20H,1,3,9,11-13H2,(H,21,23)(H,22,24). The lowest BCUT2D eigenvalue weighted by molar-refractivity contribution is -0.119. The SMILES string of the molecule is O=C(CNc1ccc(C(=O)NCc2ccco2)cc1)NCC1CCCO1. The summed E-state index contributed by atoms with van der Waals surface area (Å²) < 4.78 is 10.6. The van der Waals surface area contributed by atoms with Crippen molar-refractivity contribution in [2.75, 3.05) is 25.0 Å². The van der Waals surface area contributed by atoms with Crippen LogP contribution in [0, 0.1) is 0 Å². The molecule has 1 aromatic heterocycles. The lowest BCUT2D eigenvalue weighted by Crippen LogP contribution is -2.35. The van der Waals surface area contributed by atoms with E-state index in [1.807, 2.05) is 0 Å². The minimum atomic E-state index is -0.178. The van der Waals surface area contributed by atoms with Gasteiger partial charge in [0.15, 0.2) is 0 Å². The van der Waals surface area contributed by atoms with Gasteiger partial charge in [-0.05, 0) is 49.2 Å². The van der Waals surface area contributed by atoms with E-state index in [-0.39, 0.29) is 24.5 Å². The Labute approximate surface area is 152 Å². The third-order valence-electron chi connectivity index (χ3n) is 4.15. The number of carbonyl (C=O) groups excluding carboxylic acids is 2. The highest BCUT2D eigenvalue weighted by atomic mass is 16.5. The fourth-order valence-electron chi connectivity index (χ4n) is 2.70. The van der Waals surface area contributed by atoms with Crippen LogP contribution in [0.5, 0.6) is 0 Å². The average Bonchev–Trinajstić information content (AvgIpc) is 3.37. The van der Waals surface area contributed by atoms with Crippen molar-refractivity contribution in [3.8, 4) is 0 Å². The highest BCUT2D eigenvalue weighted by molar-refractivity contribution is 5.94. The van der Waals surface area contributed by atoms with Crippen LogP contribution in [0.3, 0.4) is 0 Å². The molecular weight excluding hydrogens is 334 g/mol. The highest BCUT2D eigenvalue weighted by Crippen LogP contribution is 2.11. The van der Waals surface area contributed by atoms with Crippen molar-refractivity contribution in [3.63, 3.8) is 0 Å². The van der Waals surface area contributed by atoms with Crippen LogP contribution in [0.25, 0.3) is 0 Å². The molecule has 1 aliphatic rings. The summed E-state index contributed by atoms with van der Waals surface area (Å²) in [5.41, 5.74) is 1.32. The smallest absolute Gasteiger partial charge is 0.251 e. The van der Waals surface area contributed by atoms with E-state index in [9.17, 15) is 9.59 Å². The van der Waals surface area contributed by atoms with E-state index in [2.05, 4.69) is 16.0 Å². The first-order valence-corrected chi connectivity index (χ1v) is 8.73. The van der Waals surface area contributed by atoms with Gasteiger partial charge < -0.3 is 25.1 Å². The number of furan rings is 1. The number of rotatable bonds is 8. The molecule has 0 bridgehead atoms. The van der Waals surface area contributed by atoms with Crippen LogP contribution in [-0.2, 0) is 16.1 Å². The molecule has 1 unspecified atom stereocenters. The first-order chi connectivity index (χ1) is 12.7. The summed E-state index contributed by atoms with van der Waals surface area (Å²) >= 11 is 0. The molecule has 0 radical (unpaired) electrons. The Morgan fingerprint density at radius 1 is 1.12 bits per heavy atom. The van der Waals surface area contributed by atoms with Crippen molar-refractivity contribution >= 4 is 17.5 Å². The number of carbonyl (C=O) groups is 2. The maximum absolute atomic E-state index is 12.1. The van der Waals surface area contributed by atoms with Crippen LogP contribution in [-0.4, -0.2) is 37.6 Å². The monoisotopic (exact) mass is 357 g/mol. The van der Waals surface area contributed by atoms with E-state index >= 15 is 0 Å². The first kappa shape index (κ1) is 18.0. The Morgan fingerprint density at radius 2 is 1.96 bits per heavy atom. The van der Waals surface area contributed by atoms with Crippen LogP contribution in [0.1, 0.15) is 29.0 Å². The molecule has 1 fully saturated rings. The summed E-state index contributed by atoms with van der Waals surface area (Å²) in [7, 11) is 0. The molecule has 0 aliphatic carbocycles. The third-order valence-corrected chi connectivity index (χ3v) is 4.15. The van der Waals surface area contributed by atoms with Crippen molar-refractivity contribution in [2.24, 2.45) is 0 Å². The lowest BCUT2D eigenvalue weighted by Gasteiger charge is -2.12. The summed E-state index contributed by atoms with van der Waals surface area (Å²) in [5, 5.41) is 8.68. The zero-order valence-electron chi connectivity index (χ0n) is 14.5. The number of nitrogens with one attached hydrogen (secondary N) is 3. The molecule has 1 aromatic carbocycles. The zero-order valence-corrected chi connectivity index (χ0v) is 14.5. The number of ether oxygens (including phenoxy) is 1. The first-order valence-electron chi connectivity index (χ1n) is 8.73. The molecule has 7 nitrogen and oxygen atoms in total. The summed E-state index contributed by atoms with van der Waals surface area (Å²) in [6.07, 6.45) is 3.76. The normalized spacial score (nSPS) is 16.2. The van der Waals surface area contributed by atoms with Crippen molar-refractivity contribution in [1.29, 1.82) is 0 Å². The average molecular weight is 357 g/mol. The lowest BCUT2D eigenvalue weighted by atomic mass is 10.2. The molecule has 1 atom stereocenters. The molecule has 1 saturated heterocycles.